The number of halogens is 1. The van der Waals surface area contributed by atoms with Crippen LogP contribution in [0.2, 0.25) is 0 Å². The summed E-state index contributed by atoms with van der Waals surface area (Å²) in [6.07, 6.45) is 4.88. The molecule has 1 heterocycles. The van der Waals surface area contributed by atoms with Crippen LogP contribution < -0.4 is 0 Å². The summed E-state index contributed by atoms with van der Waals surface area (Å²) in [4.78, 5) is 2.00. The van der Waals surface area contributed by atoms with Crippen LogP contribution in [0.25, 0.3) is 5.70 Å². The molecule has 0 aromatic heterocycles. The zero-order valence-electron chi connectivity index (χ0n) is 10.7. The third-order valence-electron chi connectivity index (χ3n) is 2.81. The summed E-state index contributed by atoms with van der Waals surface area (Å²) < 4.78 is 0. The predicted molar refractivity (Wildman–Crippen MR) is 73.3 cm³/mol. The Bertz CT molecular complexity index is 579. The molecule has 1 radical (unpaired) electrons. The van der Waals surface area contributed by atoms with Crippen molar-refractivity contribution in [1.82, 2.24) is 4.90 Å². The van der Waals surface area contributed by atoms with E-state index < -0.39 is 0 Å². The van der Waals surface area contributed by atoms with Crippen molar-refractivity contribution in [2.45, 2.75) is 6.92 Å². The first-order valence-corrected chi connectivity index (χ1v) is 6.01. The van der Waals surface area contributed by atoms with Crippen molar-refractivity contribution in [2.24, 2.45) is 0 Å². The first kappa shape index (κ1) is 16.2. The minimum atomic E-state index is 0. The van der Waals surface area contributed by atoms with Gasteiger partial charge >= 0.3 is 0 Å². The fraction of sp³-hybridized carbons (Fsp3) is 0.133. The molecule has 1 aliphatic heterocycles. The van der Waals surface area contributed by atoms with Crippen LogP contribution in [-0.2, 0) is 32.7 Å². The Morgan fingerprint density at radius 2 is 2.00 bits per heavy atom. The summed E-state index contributed by atoms with van der Waals surface area (Å²) in [5.74, 6) is 0. The van der Waals surface area contributed by atoms with Crippen molar-refractivity contribution >= 4 is 17.3 Å². The minimum Gasteiger partial charge on any atom is -0.374 e. The number of benzene rings is 1. The van der Waals surface area contributed by atoms with E-state index in [1.807, 2.05) is 24.0 Å². The van der Waals surface area contributed by atoms with Crippen LogP contribution in [0.3, 0.4) is 0 Å². The third kappa shape index (κ3) is 3.36. The molecule has 0 saturated carbocycles. The maximum absolute atomic E-state index is 8.79. The van der Waals surface area contributed by atoms with E-state index in [1.165, 1.54) is 0 Å². The van der Waals surface area contributed by atoms with Crippen LogP contribution in [0.4, 0.5) is 0 Å². The summed E-state index contributed by atoms with van der Waals surface area (Å²) >= 11 is 6.04. The van der Waals surface area contributed by atoms with Crippen LogP contribution in [0.1, 0.15) is 18.1 Å². The fourth-order valence-electron chi connectivity index (χ4n) is 1.85. The number of likely N-dealkylation sites (N-methyl/N-ethyl adjacent to an activating group) is 1. The molecule has 1 aromatic rings. The number of hydrogen-bond acceptors (Lipinski definition) is 2. The minimum absolute atomic E-state index is 0. The maximum atomic E-state index is 8.79. The van der Waals surface area contributed by atoms with Crippen molar-refractivity contribution in [3.63, 3.8) is 0 Å². The van der Waals surface area contributed by atoms with Gasteiger partial charge in [-0.1, -0.05) is 30.0 Å². The van der Waals surface area contributed by atoms with E-state index in [-0.39, 0.29) is 32.7 Å². The molecule has 0 atom stereocenters. The third-order valence-corrected chi connectivity index (χ3v) is 3.14. The van der Waals surface area contributed by atoms with Crippen molar-refractivity contribution in [2.75, 3.05) is 6.54 Å². The Balaban J connectivity index is 0.00000180. The van der Waals surface area contributed by atoms with Gasteiger partial charge in [-0.3, -0.25) is 0 Å². The molecule has 0 N–H and O–H groups in total. The summed E-state index contributed by atoms with van der Waals surface area (Å²) in [6, 6.07) is 9.50. The second-order valence-corrected chi connectivity index (χ2v) is 4.27. The molecule has 0 saturated heterocycles. The molecule has 1 aliphatic rings. The molecule has 0 bridgehead atoms. The van der Waals surface area contributed by atoms with Crippen molar-refractivity contribution in [1.29, 1.82) is 5.26 Å². The zero-order chi connectivity index (χ0) is 13.1. The van der Waals surface area contributed by atoms with Gasteiger partial charge in [-0.2, -0.15) is 29.0 Å². The Labute approximate surface area is 143 Å². The van der Waals surface area contributed by atoms with Crippen molar-refractivity contribution < 1.29 is 32.7 Å². The van der Waals surface area contributed by atoms with Crippen LogP contribution in [-0.4, -0.2) is 11.4 Å². The Morgan fingerprint density at radius 1 is 1.37 bits per heavy atom. The summed E-state index contributed by atoms with van der Waals surface area (Å²) in [7, 11) is 0. The number of rotatable bonds is 2. The van der Waals surface area contributed by atoms with Crippen LogP contribution in [0.5, 0.6) is 0 Å². The van der Waals surface area contributed by atoms with Gasteiger partial charge in [0, 0.05) is 44.8 Å². The van der Waals surface area contributed by atoms with E-state index in [4.69, 9.17) is 16.9 Å². The van der Waals surface area contributed by atoms with Gasteiger partial charge in [0.15, 0.2) is 0 Å². The average Bonchev–Trinajstić information content (AvgIpc) is 2.42. The van der Waals surface area contributed by atoms with E-state index in [0.717, 1.165) is 23.5 Å². The van der Waals surface area contributed by atoms with E-state index in [2.05, 4.69) is 18.7 Å². The topological polar surface area (TPSA) is 27.0 Å². The SMILES string of the molecule is C=C1C(Cl)=C[C-]=C(c2ccc(C#N)cc2)N1CC.[Y]. The first-order chi connectivity index (χ1) is 8.67. The molecule has 0 spiro atoms. The molecule has 2 rings (SSSR count). The quantitative estimate of drug-likeness (QED) is 0.765. The van der Waals surface area contributed by atoms with Gasteiger partial charge in [0.25, 0.3) is 0 Å². The van der Waals surface area contributed by atoms with E-state index >= 15 is 0 Å². The molecule has 0 amide bonds. The molecular weight excluding hydrogens is 333 g/mol. The Kier molecular flexibility index (Phi) is 6.01. The maximum Gasteiger partial charge on any atom is 0.0990 e. The van der Waals surface area contributed by atoms with Gasteiger partial charge < -0.3 is 4.90 Å². The molecule has 19 heavy (non-hydrogen) atoms. The summed E-state index contributed by atoms with van der Waals surface area (Å²) in [5, 5.41) is 9.40. The van der Waals surface area contributed by atoms with Gasteiger partial charge in [-0.05, 0) is 17.7 Å². The van der Waals surface area contributed by atoms with Crippen molar-refractivity contribution in [3.05, 3.63) is 64.9 Å². The van der Waals surface area contributed by atoms with Crippen molar-refractivity contribution in [3.8, 4) is 6.07 Å². The normalized spacial score (nSPS) is 14.2. The summed E-state index contributed by atoms with van der Waals surface area (Å²) in [6.45, 7) is 6.77. The second-order valence-electron chi connectivity index (χ2n) is 3.87. The number of nitrogens with zero attached hydrogens (tertiary/aromatic N) is 2. The van der Waals surface area contributed by atoms with E-state index in [9.17, 15) is 0 Å². The summed E-state index contributed by atoms with van der Waals surface area (Å²) in [5.41, 5.74) is 3.34. The molecule has 4 heteroatoms. The molecule has 1 aromatic carbocycles. The Morgan fingerprint density at radius 3 is 2.53 bits per heavy atom. The molecule has 0 aliphatic carbocycles. The Hall–Kier alpha value is -0.876. The van der Waals surface area contributed by atoms with Gasteiger partial charge in [0.05, 0.1) is 6.07 Å². The van der Waals surface area contributed by atoms with Gasteiger partial charge in [-0.25, -0.2) is 0 Å². The standard InChI is InChI=1S/C15H12ClN2.Y/c1-3-18-11(2)14(16)8-9-15(18)13-6-4-12(10-17)5-7-13;/h4-8H,2-3H2,1H3;/q-1;. The smallest absolute Gasteiger partial charge is 0.0990 e. The van der Waals surface area contributed by atoms with Crippen LogP contribution in [0.15, 0.2) is 47.6 Å². The molecule has 0 fully saturated rings. The van der Waals surface area contributed by atoms with Gasteiger partial charge in [-0.15, -0.1) is 12.1 Å². The van der Waals surface area contributed by atoms with Crippen LogP contribution in [0, 0.1) is 17.4 Å². The zero-order valence-corrected chi connectivity index (χ0v) is 14.2. The average molecular weight is 345 g/mol. The van der Waals surface area contributed by atoms with E-state index in [1.54, 1.807) is 18.2 Å². The van der Waals surface area contributed by atoms with Crippen LogP contribution >= 0.6 is 11.6 Å². The van der Waals surface area contributed by atoms with E-state index in [0.29, 0.717) is 10.6 Å². The fourth-order valence-corrected chi connectivity index (χ4v) is 2.00. The molecule has 2 nitrogen and oxygen atoms in total. The van der Waals surface area contributed by atoms with Gasteiger partial charge in [0.2, 0.25) is 0 Å². The first-order valence-electron chi connectivity index (χ1n) is 5.64. The number of nitriles is 1. The number of hydrogen-bond donors (Lipinski definition) is 0. The number of allylic oxidation sites excluding steroid dienone is 3. The second kappa shape index (κ2) is 7.05. The molecule has 0 unspecified atom stereocenters. The molecule has 93 valence electrons. The monoisotopic (exact) mass is 344 g/mol. The molecular formula is C15H12ClN2Y-. The predicted octanol–water partition coefficient (Wildman–Crippen LogP) is 3.67. The largest absolute Gasteiger partial charge is 0.374 e. The van der Waals surface area contributed by atoms with Gasteiger partial charge in [0.1, 0.15) is 0 Å².